The summed E-state index contributed by atoms with van der Waals surface area (Å²) in [4.78, 5) is 26.6. The molecule has 1 fully saturated rings. The Morgan fingerprint density at radius 1 is 1.07 bits per heavy atom. The molecule has 0 bridgehead atoms. The average molecular weight is 374 g/mol. The summed E-state index contributed by atoms with van der Waals surface area (Å²) in [6, 6.07) is 10.2. The summed E-state index contributed by atoms with van der Waals surface area (Å²) in [6.45, 7) is 3.35. The summed E-state index contributed by atoms with van der Waals surface area (Å²) in [6.07, 6.45) is 9.26. The van der Waals surface area contributed by atoms with Gasteiger partial charge in [0.15, 0.2) is 0 Å². The van der Waals surface area contributed by atoms with Crippen LogP contribution in [0.25, 0.3) is 0 Å². The van der Waals surface area contributed by atoms with E-state index in [4.69, 9.17) is 4.74 Å². The number of hydrogen-bond donors (Lipinski definition) is 0. The van der Waals surface area contributed by atoms with E-state index < -0.39 is 0 Å². The van der Waals surface area contributed by atoms with Crippen LogP contribution in [0.15, 0.2) is 30.3 Å². The summed E-state index contributed by atoms with van der Waals surface area (Å²) in [7, 11) is 1.40. The molecule has 0 atom stereocenters. The zero-order valence-electron chi connectivity index (χ0n) is 17.0. The average Bonchev–Trinajstić information content (AvgIpc) is 2.72. The maximum atomic E-state index is 13.1. The van der Waals surface area contributed by atoms with Crippen LogP contribution in [0.5, 0.6) is 0 Å². The highest BCUT2D eigenvalue weighted by Gasteiger charge is 2.29. The van der Waals surface area contributed by atoms with Gasteiger partial charge in [-0.15, -0.1) is 0 Å². The molecule has 4 heteroatoms. The number of carbonyl (C=O) groups is 2. The number of methoxy groups -OCH3 is 1. The highest BCUT2D eigenvalue weighted by atomic mass is 16.5. The van der Waals surface area contributed by atoms with Crippen molar-refractivity contribution < 1.29 is 14.3 Å². The molecule has 1 aliphatic carbocycles. The van der Waals surface area contributed by atoms with Gasteiger partial charge in [0.25, 0.3) is 0 Å². The molecule has 0 aliphatic heterocycles. The third-order valence-electron chi connectivity index (χ3n) is 5.80. The van der Waals surface area contributed by atoms with E-state index >= 15 is 0 Å². The molecule has 0 spiro atoms. The van der Waals surface area contributed by atoms with Crippen molar-refractivity contribution in [2.45, 2.75) is 64.7 Å². The van der Waals surface area contributed by atoms with Crippen molar-refractivity contribution >= 4 is 11.9 Å². The number of amides is 1. The molecule has 0 N–H and O–H groups in total. The Bertz CT molecular complexity index is 564. The Kier molecular flexibility index (Phi) is 9.37. The van der Waals surface area contributed by atoms with Crippen molar-refractivity contribution in [2.24, 2.45) is 11.8 Å². The number of ether oxygens (including phenoxy) is 1. The van der Waals surface area contributed by atoms with Crippen LogP contribution < -0.4 is 0 Å². The van der Waals surface area contributed by atoms with Crippen LogP contribution in [0, 0.1) is 11.8 Å². The third kappa shape index (κ3) is 7.36. The van der Waals surface area contributed by atoms with Gasteiger partial charge < -0.3 is 9.64 Å². The fourth-order valence-electron chi connectivity index (χ4n) is 4.02. The molecule has 1 amide bonds. The van der Waals surface area contributed by atoms with Crippen molar-refractivity contribution in [3.05, 3.63) is 35.9 Å². The molecule has 1 aromatic rings. The number of benzene rings is 1. The first-order valence-electron chi connectivity index (χ1n) is 10.5. The first kappa shape index (κ1) is 21.5. The number of carbonyl (C=O) groups excluding carboxylic acids is 2. The largest absolute Gasteiger partial charge is 0.469 e. The van der Waals surface area contributed by atoms with Crippen LogP contribution in [-0.4, -0.2) is 37.0 Å². The molecule has 1 aromatic carbocycles. The summed E-state index contributed by atoms with van der Waals surface area (Å²) < 4.78 is 4.76. The minimum absolute atomic E-state index is 0.122. The van der Waals surface area contributed by atoms with Crippen molar-refractivity contribution in [1.29, 1.82) is 0 Å². The fourth-order valence-corrected chi connectivity index (χ4v) is 4.02. The van der Waals surface area contributed by atoms with Crippen molar-refractivity contribution in [1.82, 2.24) is 4.90 Å². The van der Waals surface area contributed by atoms with Gasteiger partial charge in [-0.25, -0.2) is 0 Å². The number of hydrogen-bond acceptors (Lipinski definition) is 3. The molecule has 0 heterocycles. The Balaban J connectivity index is 1.90. The standard InChI is InChI=1S/C23H35NO3/c1-3-4-8-20-11-13-21(14-12-20)23(26)24(18-16-22(25)27-2)17-15-19-9-6-5-7-10-19/h5-7,9-10,20-21H,3-4,8,11-18H2,1-2H3. The highest BCUT2D eigenvalue weighted by molar-refractivity contribution is 5.79. The molecule has 0 unspecified atom stereocenters. The topological polar surface area (TPSA) is 46.6 Å². The lowest BCUT2D eigenvalue weighted by Crippen LogP contribution is -2.40. The van der Waals surface area contributed by atoms with Gasteiger partial charge in [0.2, 0.25) is 5.91 Å². The van der Waals surface area contributed by atoms with Gasteiger partial charge in [0.1, 0.15) is 0 Å². The van der Waals surface area contributed by atoms with E-state index in [0.29, 0.717) is 13.1 Å². The number of rotatable bonds is 10. The molecular formula is C23H35NO3. The van der Waals surface area contributed by atoms with Crippen molar-refractivity contribution in [2.75, 3.05) is 20.2 Å². The Morgan fingerprint density at radius 3 is 2.41 bits per heavy atom. The van der Waals surface area contributed by atoms with E-state index in [1.807, 2.05) is 23.1 Å². The molecular weight excluding hydrogens is 338 g/mol. The van der Waals surface area contributed by atoms with E-state index in [9.17, 15) is 9.59 Å². The molecule has 27 heavy (non-hydrogen) atoms. The molecule has 2 rings (SSSR count). The van der Waals surface area contributed by atoms with Gasteiger partial charge >= 0.3 is 5.97 Å². The minimum Gasteiger partial charge on any atom is -0.469 e. The van der Waals surface area contributed by atoms with E-state index in [0.717, 1.165) is 25.2 Å². The smallest absolute Gasteiger partial charge is 0.307 e. The quantitative estimate of drug-likeness (QED) is 0.562. The SMILES string of the molecule is CCCCC1CCC(C(=O)N(CCC(=O)OC)CCc2ccccc2)CC1. The second kappa shape index (κ2) is 11.8. The first-order chi connectivity index (χ1) is 13.1. The highest BCUT2D eigenvalue weighted by Crippen LogP contribution is 2.33. The lowest BCUT2D eigenvalue weighted by Gasteiger charge is -2.32. The molecule has 0 radical (unpaired) electrons. The van der Waals surface area contributed by atoms with Crippen LogP contribution in [0.3, 0.4) is 0 Å². The van der Waals surface area contributed by atoms with E-state index in [-0.39, 0.29) is 24.2 Å². The summed E-state index contributed by atoms with van der Waals surface area (Å²) in [5.74, 6) is 0.887. The van der Waals surface area contributed by atoms with Gasteiger partial charge in [0, 0.05) is 19.0 Å². The van der Waals surface area contributed by atoms with Crippen LogP contribution in [0.2, 0.25) is 0 Å². The van der Waals surface area contributed by atoms with E-state index in [2.05, 4.69) is 19.1 Å². The van der Waals surface area contributed by atoms with Crippen LogP contribution in [0.1, 0.15) is 63.9 Å². The predicted molar refractivity (Wildman–Crippen MR) is 108 cm³/mol. The molecule has 4 nitrogen and oxygen atoms in total. The van der Waals surface area contributed by atoms with Crippen LogP contribution >= 0.6 is 0 Å². The third-order valence-corrected chi connectivity index (χ3v) is 5.80. The first-order valence-corrected chi connectivity index (χ1v) is 10.5. The zero-order chi connectivity index (χ0) is 19.5. The van der Waals surface area contributed by atoms with Gasteiger partial charge in [-0.3, -0.25) is 9.59 Å². The van der Waals surface area contributed by atoms with Crippen LogP contribution in [-0.2, 0) is 20.7 Å². The molecule has 1 saturated carbocycles. The van der Waals surface area contributed by atoms with Crippen molar-refractivity contribution in [3.63, 3.8) is 0 Å². The fraction of sp³-hybridized carbons (Fsp3) is 0.652. The van der Waals surface area contributed by atoms with Crippen molar-refractivity contribution in [3.8, 4) is 0 Å². The molecule has 0 saturated heterocycles. The molecule has 0 aromatic heterocycles. The second-order valence-corrected chi connectivity index (χ2v) is 7.75. The second-order valence-electron chi connectivity index (χ2n) is 7.75. The monoisotopic (exact) mass is 373 g/mol. The Morgan fingerprint density at radius 2 is 1.78 bits per heavy atom. The molecule has 1 aliphatic rings. The summed E-state index contributed by atoms with van der Waals surface area (Å²) in [5.41, 5.74) is 1.22. The lowest BCUT2D eigenvalue weighted by molar-refractivity contribution is -0.142. The van der Waals surface area contributed by atoms with Gasteiger partial charge in [-0.2, -0.15) is 0 Å². The van der Waals surface area contributed by atoms with E-state index in [1.54, 1.807) is 0 Å². The maximum absolute atomic E-state index is 13.1. The number of esters is 1. The van der Waals surface area contributed by atoms with E-state index in [1.165, 1.54) is 44.8 Å². The van der Waals surface area contributed by atoms with Crippen LogP contribution in [0.4, 0.5) is 0 Å². The summed E-state index contributed by atoms with van der Waals surface area (Å²) >= 11 is 0. The van der Waals surface area contributed by atoms with Gasteiger partial charge in [-0.05, 0) is 43.6 Å². The number of nitrogens with zero attached hydrogens (tertiary/aromatic N) is 1. The zero-order valence-corrected chi connectivity index (χ0v) is 17.0. The Labute approximate surface area is 164 Å². The summed E-state index contributed by atoms with van der Waals surface area (Å²) in [5, 5.41) is 0. The Hall–Kier alpha value is -1.84. The lowest BCUT2D eigenvalue weighted by atomic mass is 9.79. The van der Waals surface area contributed by atoms with Gasteiger partial charge in [-0.1, -0.05) is 56.5 Å². The predicted octanol–water partition coefficient (Wildman–Crippen LogP) is 4.62. The molecule has 150 valence electrons. The van der Waals surface area contributed by atoms with Gasteiger partial charge in [0.05, 0.1) is 13.5 Å². The maximum Gasteiger partial charge on any atom is 0.307 e. The minimum atomic E-state index is -0.254. The number of unbranched alkanes of at least 4 members (excludes halogenated alkanes) is 1. The normalized spacial score (nSPS) is 19.5.